The summed E-state index contributed by atoms with van der Waals surface area (Å²) in [5, 5.41) is 9.61. The van der Waals surface area contributed by atoms with Gasteiger partial charge in [-0.2, -0.15) is 5.10 Å². The molecule has 3 N–H and O–H groups in total. The molecule has 0 saturated heterocycles. The molecule has 6 heteroatoms. The van der Waals surface area contributed by atoms with E-state index in [9.17, 15) is 4.79 Å². The number of primary amides is 1. The summed E-state index contributed by atoms with van der Waals surface area (Å²) in [6.45, 7) is 0.769. The first kappa shape index (κ1) is 13.1. The lowest BCUT2D eigenvalue weighted by Gasteiger charge is -2.05. The van der Waals surface area contributed by atoms with Crippen LogP contribution in [0.15, 0.2) is 49.1 Å². The second-order valence-electron chi connectivity index (χ2n) is 4.80. The molecule has 0 radical (unpaired) electrons. The lowest BCUT2D eigenvalue weighted by Crippen LogP contribution is -2.18. The highest BCUT2D eigenvalue weighted by molar-refractivity contribution is 5.82. The van der Waals surface area contributed by atoms with E-state index in [1.165, 1.54) is 4.68 Å². The molecule has 0 aliphatic rings. The number of nitrogens with zero attached hydrogens (tertiary/aromatic N) is 3. The van der Waals surface area contributed by atoms with Crippen molar-refractivity contribution in [3.05, 3.63) is 54.6 Å². The largest absolute Gasteiger partial charge is 0.378 e. The molecule has 0 aliphatic carbocycles. The summed E-state index contributed by atoms with van der Waals surface area (Å²) < 4.78 is 1.51. The molecule has 6 nitrogen and oxygen atoms in total. The van der Waals surface area contributed by atoms with E-state index in [2.05, 4.69) is 33.6 Å². The second kappa shape index (κ2) is 5.62. The number of nitrogens with one attached hydrogen (secondary N) is 1. The smallest absolute Gasteiger partial charge is 0.239 e. The molecule has 0 fully saturated rings. The van der Waals surface area contributed by atoms with Crippen molar-refractivity contribution >= 4 is 22.4 Å². The lowest BCUT2D eigenvalue weighted by atomic mass is 10.1. The summed E-state index contributed by atoms with van der Waals surface area (Å²) in [4.78, 5) is 14.9. The summed E-state index contributed by atoms with van der Waals surface area (Å²) in [6.07, 6.45) is 7.07. The molecule has 0 aliphatic heterocycles. The van der Waals surface area contributed by atoms with Crippen LogP contribution in [-0.2, 0) is 17.9 Å². The zero-order valence-electron chi connectivity index (χ0n) is 11.4. The van der Waals surface area contributed by atoms with Gasteiger partial charge in [0.25, 0.3) is 0 Å². The zero-order chi connectivity index (χ0) is 14.7. The van der Waals surface area contributed by atoms with Gasteiger partial charge >= 0.3 is 0 Å². The van der Waals surface area contributed by atoms with Gasteiger partial charge in [-0.15, -0.1) is 0 Å². The number of carbonyl (C=O) groups is 1. The van der Waals surface area contributed by atoms with E-state index >= 15 is 0 Å². The fourth-order valence-corrected chi connectivity index (χ4v) is 2.15. The summed E-state index contributed by atoms with van der Waals surface area (Å²) >= 11 is 0. The van der Waals surface area contributed by atoms with Crippen LogP contribution in [0.2, 0.25) is 0 Å². The second-order valence-corrected chi connectivity index (χ2v) is 4.80. The van der Waals surface area contributed by atoms with Gasteiger partial charge in [0.1, 0.15) is 6.54 Å². The third-order valence-electron chi connectivity index (χ3n) is 3.15. The van der Waals surface area contributed by atoms with E-state index in [-0.39, 0.29) is 6.54 Å². The van der Waals surface area contributed by atoms with Crippen LogP contribution in [0.5, 0.6) is 0 Å². The molecule has 0 unspecified atom stereocenters. The van der Waals surface area contributed by atoms with Crippen molar-refractivity contribution in [3.8, 4) is 0 Å². The van der Waals surface area contributed by atoms with Crippen LogP contribution in [0, 0.1) is 0 Å². The minimum Gasteiger partial charge on any atom is -0.378 e. The highest BCUT2D eigenvalue weighted by atomic mass is 16.1. The molecule has 2 heterocycles. The fraction of sp³-hybridized carbons (Fsp3) is 0.133. The highest BCUT2D eigenvalue weighted by Crippen LogP contribution is 2.15. The monoisotopic (exact) mass is 281 g/mol. The first-order valence-corrected chi connectivity index (χ1v) is 6.58. The Morgan fingerprint density at radius 3 is 3.00 bits per heavy atom. The van der Waals surface area contributed by atoms with E-state index in [0.717, 1.165) is 22.0 Å². The molecule has 3 rings (SSSR count). The number of fused-ring (bicyclic) bond motifs is 1. The van der Waals surface area contributed by atoms with Crippen molar-refractivity contribution in [2.45, 2.75) is 13.1 Å². The molecular formula is C15H15N5O. The van der Waals surface area contributed by atoms with Gasteiger partial charge in [0.15, 0.2) is 0 Å². The molecule has 0 saturated carbocycles. The fourth-order valence-electron chi connectivity index (χ4n) is 2.15. The van der Waals surface area contributed by atoms with Crippen molar-refractivity contribution < 1.29 is 4.79 Å². The third kappa shape index (κ3) is 3.17. The number of carbonyl (C=O) groups excluding carboxylic acids is 1. The quantitative estimate of drug-likeness (QED) is 0.742. The molecule has 3 aromatic rings. The van der Waals surface area contributed by atoms with Gasteiger partial charge in [-0.3, -0.25) is 14.5 Å². The number of nitrogens with two attached hydrogens (primary N) is 1. The summed E-state index contributed by atoms with van der Waals surface area (Å²) in [7, 11) is 0. The number of rotatable bonds is 5. The Bertz CT molecular complexity index is 780. The molecule has 0 bridgehead atoms. The number of anilines is 1. The standard InChI is InChI=1S/C15H15N5O/c16-15(21)10-20-9-14(8-19-20)18-6-11-1-2-13-7-17-4-3-12(13)5-11/h1-5,7-9,18H,6,10H2,(H2,16,21). The van der Waals surface area contributed by atoms with E-state index < -0.39 is 5.91 Å². The van der Waals surface area contributed by atoms with Crippen molar-refractivity contribution in [3.63, 3.8) is 0 Å². The molecular weight excluding hydrogens is 266 g/mol. The average molecular weight is 281 g/mol. The van der Waals surface area contributed by atoms with Gasteiger partial charge in [0.2, 0.25) is 5.91 Å². The number of hydrogen-bond acceptors (Lipinski definition) is 4. The number of benzene rings is 1. The van der Waals surface area contributed by atoms with Gasteiger partial charge < -0.3 is 11.1 Å². The minimum atomic E-state index is -0.409. The normalized spacial score (nSPS) is 10.7. The van der Waals surface area contributed by atoms with Crippen LogP contribution < -0.4 is 11.1 Å². The van der Waals surface area contributed by atoms with E-state index in [1.54, 1.807) is 18.6 Å². The summed E-state index contributed by atoms with van der Waals surface area (Å²) in [6, 6.07) is 8.22. The molecule has 21 heavy (non-hydrogen) atoms. The zero-order valence-corrected chi connectivity index (χ0v) is 11.4. The van der Waals surface area contributed by atoms with Crippen LogP contribution >= 0.6 is 0 Å². The minimum absolute atomic E-state index is 0.0880. The Labute approximate surface area is 121 Å². The average Bonchev–Trinajstić information content (AvgIpc) is 2.91. The van der Waals surface area contributed by atoms with Crippen LogP contribution in [0.1, 0.15) is 5.56 Å². The SMILES string of the molecule is NC(=O)Cn1cc(NCc2ccc3cnccc3c2)cn1. The highest BCUT2D eigenvalue weighted by Gasteiger charge is 2.02. The van der Waals surface area contributed by atoms with Crippen molar-refractivity contribution in [1.29, 1.82) is 0 Å². The van der Waals surface area contributed by atoms with Gasteiger partial charge in [-0.25, -0.2) is 0 Å². The molecule has 0 spiro atoms. The summed E-state index contributed by atoms with van der Waals surface area (Å²) in [5.74, 6) is -0.409. The maximum absolute atomic E-state index is 10.8. The van der Waals surface area contributed by atoms with Crippen LogP contribution in [-0.4, -0.2) is 20.7 Å². The topological polar surface area (TPSA) is 85.8 Å². The Morgan fingerprint density at radius 2 is 2.14 bits per heavy atom. The molecule has 1 aromatic carbocycles. The Kier molecular flexibility index (Phi) is 3.51. The molecule has 1 amide bonds. The predicted octanol–water partition coefficient (Wildman–Crippen LogP) is 1.53. The number of pyridine rings is 1. The third-order valence-corrected chi connectivity index (χ3v) is 3.15. The predicted molar refractivity (Wildman–Crippen MR) is 80.5 cm³/mol. The summed E-state index contributed by atoms with van der Waals surface area (Å²) in [5.41, 5.74) is 7.14. The van der Waals surface area contributed by atoms with Crippen molar-refractivity contribution in [2.24, 2.45) is 5.73 Å². The van der Waals surface area contributed by atoms with E-state index in [4.69, 9.17) is 5.73 Å². The van der Waals surface area contributed by atoms with Crippen molar-refractivity contribution in [2.75, 3.05) is 5.32 Å². The van der Waals surface area contributed by atoms with Gasteiger partial charge in [0, 0.05) is 30.5 Å². The Balaban J connectivity index is 1.68. The maximum Gasteiger partial charge on any atom is 0.239 e. The van der Waals surface area contributed by atoms with Gasteiger partial charge in [0.05, 0.1) is 11.9 Å². The van der Waals surface area contributed by atoms with E-state index in [1.807, 2.05) is 12.3 Å². The maximum atomic E-state index is 10.8. The number of amides is 1. The number of hydrogen-bond donors (Lipinski definition) is 2. The Hall–Kier alpha value is -2.89. The van der Waals surface area contributed by atoms with Gasteiger partial charge in [-0.05, 0) is 23.1 Å². The van der Waals surface area contributed by atoms with Crippen molar-refractivity contribution in [1.82, 2.24) is 14.8 Å². The molecule has 106 valence electrons. The van der Waals surface area contributed by atoms with Crippen LogP contribution in [0.4, 0.5) is 5.69 Å². The van der Waals surface area contributed by atoms with Crippen LogP contribution in [0.25, 0.3) is 10.8 Å². The molecule has 2 aromatic heterocycles. The molecule has 0 atom stereocenters. The van der Waals surface area contributed by atoms with E-state index in [0.29, 0.717) is 6.54 Å². The Morgan fingerprint density at radius 1 is 1.24 bits per heavy atom. The first-order valence-electron chi connectivity index (χ1n) is 6.58. The lowest BCUT2D eigenvalue weighted by molar-refractivity contribution is -0.118. The first-order chi connectivity index (χ1) is 10.2. The number of aromatic nitrogens is 3. The van der Waals surface area contributed by atoms with Gasteiger partial charge in [-0.1, -0.05) is 12.1 Å². The van der Waals surface area contributed by atoms with Crippen LogP contribution in [0.3, 0.4) is 0 Å².